The van der Waals surface area contributed by atoms with E-state index >= 15 is 4.39 Å². The van der Waals surface area contributed by atoms with E-state index in [1.807, 2.05) is 40.1 Å². The van der Waals surface area contributed by atoms with E-state index in [2.05, 4.69) is 0 Å². The van der Waals surface area contributed by atoms with Gasteiger partial charge in [0.1, 0.15) is 23.9 Å². The van der Waals surface area contributed by atoms with Gasteiger partial charge in [-0.1, -0.05) is 36.4 Å². The maximum absolute atomic E-state index is 15.4. The number of alkyl halides is 6. The minimum atomic E-state index is -4.89. The highest BCUT2D eigenvalue weighted by Crippen LogP contribution is 2.48. The van der Waals surface area contributed by atoms with E-state index < -0.39 is 71.5 Å². The first-order valence-electron chi connectivity index (χ1n) is 17.4. The molecule has 0 bridgehead atoms. The van der Waals surface area contributed by atoms with Crippen molar-refractivity contribution in [2.45, 2.75) is 69.1 Å². The predicted molar refractivity (Wildman–Crippen MR) is 175 cm³/mol. The van der Waals surface area contributed by atoms with Gasteiger partial charge in [0.05, 0.1) is 42.6 Å². The van der Waals surface area contributed by atoms with Gasteiger partial charge in [0.15, 0.2) is 0 Å². The summed E-state index contributed by atoms with van der Waals surface area (Å²) in [6, 6.07) is 13.5. The Morgan fingerprint density at radius 1 is 0.926 bits per heavy atom. The van der Waals surface area contributed by atoms with Crippen molar-refractivity contribution in [3.8, 4) is 0 Å². The summed E-state index contributed by atoms with van der Waals surface area (Å²) in [6.07, 6.45) is -10.2. The molecule has 2 fully saturated rings. The summed E-state index contributed by atoms with van der Waals surface area (Å²) < 4.78 is 115. The van der Waals surface area contributed by atoms with E-state index in [-0.39, 0.29) is 75.7 Å². The zero-order chi connectivity index (χ0) is 38.4. The lowest BCUT2D eigenvalue weighted by molar-refractivity contribution is -0.174. The number of carbonyl (C=O) groups is 2. The van der Waals surface area contributed by atoms with Crippen LogP contribution in [0.4, 0.5) is 30.7 Å². The zero-order valence-corrected chi connectivity index (χ0v) is 28.8. The fraction of sp³-hybridized carbons (Fsp3) is 0.459. The first-order valence-corrected chi connectivity index (χ1v) is 17.4. The number of amides is 1. The van der Waals surface area contributed by atoms with Crippen LogP contribution in [0.15, 0.2) is 76.4 Å². The number of carboxylic acids is 1. The van der Waals surface area contributed by atoms with Crippen molar-refractivity contribution in [3.63, 3.8) is 0 Å². The molecule has 0 aliphatic carbocycles. The van der Waals surface area contributed by atoms with Gasteiger partial charge in [-0.3, -0.25) is 24.3 Å². The predicted octanol–water partition coefficient (Wildman–Crippen LogP) is 6.60. The second-order valence-corrected chi connectivity index (χ2v) is 13.9. The van der Waals surface area contributed by atoms with Crippen molar-refractivity contribution in [3.05, 3.63) is 106 Å². The molecule has 54 heavy (non-hydrogen) atoms. The molecule has 4 aliphatic heterocycles. The smallest absolute Gasteiger partial charge is 0.449 e. The number of carboxylic acid groups (broad SMARTS) is 1. The molecule has 1 N–H and O–H groups in total. The van der Waals surface area contributed by atoms with Crippen LogP contribution in [0.25, 0.3) is 0 Å². The zero-order valence-electron chi connectivity index (χ0n) is 28.8. The number of piperidine rings is 1. The molecule has 4 aliphatic rings. The van der Waals surface area contributed by atoms with Crippen molar-refractivity contribution in [2.24, 2.45) is 0 Å². The van der Waals surface area contributed by atoms with Gasteiger partial charge < -0.3 is 23.9 Å². The molecule has 290 valence electrons. The van der Waals surface area contributed by atoms with E-state index in [1.54, 1.807) is 0 Å². The summed E-state index contributed by atoms with van der Waals surface area (Å²) in [5.41, 5.74) is -1.72. The molecule has 1 unspecified atom stereocenters. The Kier molecular flexibility index (Phi) is 10.3. The largest absolute Gasteiger partial charge is 0.481 e. The molecular formula is C37H37F7N4O6. The summed E-state index contributed by atoms with van der Waals surface area (Å²) in [5.74, 6) is -3.54. The summed E-state index contributed by atoms with van der Waals surface area (Å²) >= 11 is 0. The minimum Gasteiger partial charge on any atom is -0.481 e. The monoisotopic (exact) mass is 766 g/mol. The summed E-state index contributed by atoms with van der Waals surface area (Å²) in [5, 5.41) is 9.31. The van der Waals surface area contributed by atoms with E-state index in [9.17, 15) is 41.0 Å². The van der Waals surface area contributed by atoms with Crippen molar-refractivity contribution in [2.75, 3.05) is 39.5 Å². The standard InChI is InChI=1S/C37H37F7N4O6/c38-27-9-4-8-26(36(39,40)41)25(27)19-47-29-21-53-35(13-16-45(17-14-35)18-24-11-12-30(54-24)37(42,43)44)32(29)33(51)48-20-28(23-6-2-1-3-7-23)46(22-52-34(47)48)15-5-10-31(49)50/h1-4,6-9,11-12,28,34H,5,10,13-22H2,(H,49,50)/t28-,34?/m0/s1. The second kappa shape index (κ2) is 14.7. The first kappa shape index (κ1) is 37.8. The third-order valence-electron chi connectivity index (χ3n) is 10.5. The fourth-order valence-electron chi connectivity index (χ4n) is 7.89. The summed E-state index contributed by atoms with van der Waals surface area (Å²) in [4.78, 5) is 32.8. The molecule has 5 heterocycles. The van der Waals surface area contributed by atoms with Gasteiger partial charge >= 0.3 is 18.3 Å². The number of aliphatic carboxylic acids is 1. The number of benzene rings is 2. The van der Waals surface area contributed by atoms with Crippen LogP contribution < -0.4 is 0 Å². The number of fused-ring (bicyclic) bond motifs is 2. The molecule has 0 saturated carbocycles. The third kappa shape index (κ3) is 7.46. The Labute approximate surface area is 305 Å². The highest BCUT2D eigenvalue weighted by atomic mass is 19.4. The van der Waals surface area contributed by atoms with Gasteiger partial charge in [-0.2, -0.15) is 26.3 Å². The maximum Gasteiger partial charge on any atom is 0.449 e. The number of carbonyl (C=O) groups excluding carboxylic acids is 1. The molecule has 3 aromatic rings. The number of rotatable bonds is 9. The lowest BCUT2D eigenvalue weighted by atomic mass is 9.82. The molecule has 1 aromatic heterocycles. The van der Waals surface area contributed by atoms with Crippen LogP contribution in [0.5, 0.6) is 0 Å². The van der Waals surface area contributed by atoms with E-state index in [4.69, 9.17) is 13.9 Å². The fourth-order valence-corrected chi connectivity index (χ4v) is 7.89. The minimum absolute atomic E-state index is 0.000494. The molecule has 0 radical (unpaired) electrons. The number of hydrogen-bond acceptors (Lipinski definition) is 8. The Hall–Kier alpha value is -4.45. The SMILES string of the molecule is O=C(O)CCCN1COC2N(C[C@H]1c1ccccc1)C(=O)C1=C(COC13CCN(Cc1ccc(C(F)(F)F)o1)CC3)N2Cc1c(F)cccc1C(F)(F)F. The number of halogens is 7. The van der Waals surface area contributed by atoms with E-state index in [1.165, 1.54) is 15.9 Å². The van der Waals surface area contributed by atoms with Gasteiger partial charge in [0.2, 0.25) is 12.1 Å². The molecular weight excluding hydrogens is 729 g/mol. The third-order valence-corrected chi connectivity index (χ3v) is 10.5. The number of furan rings is 1. The average molecular weight is 767 g/mol. The summed E-state index contributed by atoms with van der Waals surface area (Å²) in [6.45, 7) is 0.00653. The summed E-state index contributed by atoms with van der Waals surface area (Å²) in [7, 11) is 0. The Bertz CT molecular complexity index is 1890. The number of likely N-dealkylation sites (tertiary alicyclic amines) is 1. The second-order valence-electron chi connectivity index (χ2n) is 13.9. The van der Waals surface area contributed by atoms with Crippen LogP contribution in [-0.4, -0.2) is 88.1 Å². The van der Waals surface area contributed by atoms with Crippen LogP contribution in [0.3, 0.4) is 0 Å². The van der Waals surface area contributed by atoms with Crippen LogP contribution >= 0.6 is 0 Å². The quantitative estimate of drug-likeness (QED) is 0.242. The van der Waals surface area contributed by atoms with Crippen LogP contribution in [-0.2, 0) is 44.5 Å². The van der Waals surface area contributed by atoms with Crippen LogP contribution in [0.1, 0.15) is 59.9 Å². The lowest BCUT2D eigenvalue weighted by Crippen LogP contribution is -2.58. The van der Waals surface area contributed by atoms with Crippen molar-refractivity contribution in [1.29, 1.82) is 0 Å². The maximum atomic E-state index is 15.4. The van der Waals surface area contributed by atoms with Crippen molar-refractivity contribution < 1.29 is 59.3 Å². The van der Waals surface area contributed by atoms with E-state index in [0.717, 1.165) is 29.8 Å². The number of hydrogen-bond donors (Lipinski definition) is 1. The van der Waals surface area contributed by atoms with Crippen LogP contribution in [0, 0.1) is 5.82 Å². The van der Waals surface area contributed by atoms with Crippen molar-refractivity contribution in [1.82, 2.24) is 19.6 Å². The molecule has 17 heteroatoms. The number of ether oxygens (including phenoxy) is 2. The van der Waals surface area contributed by atoms with E-state index in [0.29, 0.717) is 13.1 Å². The molecule has 2 atom stereocenters. The molecule has 2 saturated heterocycles. The highest BCUT2D eigenvalue weighted by molar-refractivity contribution is 5.98. The molecule has 7 rings (SSSR count). The van der Waals surface area contributed by atoms with Crippen LogP contribution in [0.2, 0.25) is 0 Å². The Morgan fingerprint density at radius 3 is 2.33 bits per heavy atom. The van der Waals surface area contributed by atoms with Gasteiger partial charge in [-0.15, -0.1) is 0 Å². The topological polar surface area (TPSA) is 98.9 Å². The average Bonchev–Trinajstić information content (AvgIpc) is 3.69. The van der Waals surface area contributed by atoms with Gasteiger partial charge in [0.25, 0.3) is 5.91 Å². The first-order chi connectivity index (χ1) is 25.6. The van der Waals surface area contributed by atoms with Crippen molar-refractivity contribution >= 4 is 11.9 Å². The van der Waals surface area contributed by atoms with Gasteiger partial charge in [0, 0.05) is 38.2 Å². The molecule has 10 nitrogen and oxygen atoms in total. The Morgan fingerprint density at radius 2 is 1.67 bits per heavy atom. The normalized spacial score (nSPS) is 22.5. The molecule has 1 spiro atoms. The lowest BCUT2D eigenvalue weighted by Gasteiger charge is -2.46. The number of nitrogens with zero attached hydrogens (tertiary/aromatic N) is 4. The van der Waals surface area contributed by atoms with Gasteiger partial charge in [-0.05, 0) is 49.1 Å². The highest BCUT2D eigenvalue weighted by Gasteiger charge is 2.56. The molecule has 1 amide bonds. The Balaban J connectivity index is 1.24. The van der Waals surface area contributed by atoms with Gasteiger partial charge in [-0.25, -0.2) is 4.39 Å². The molecule has 2 aromatic carbocycles.